The molecule has 1 saturated heterocycles. The van der Waals surface area contributed by atoms with E-state index in [2.05, 4.69) is 28.5 Å². The summed E-state index contributed by atoms with van der Waals surface area (Å²) in [4.78, 5) is 20.9. The summed E-state index contributed by atoms with van der Waals surface area (Å²) in [6.07, 6.45) is 2.88. The van der Waals surface area contributed by atoms with Crippen LogP contribution in [-0.2, 0) is 6.42 Å². The molecular formula is C26H35IN6O. The maximum Gasteiger partial charge on any atom is 0.253 e. The highest BCUT2D eigenvalue weighted by molar-refractivity contribution is 14.0. The SMILES string of the molecule is CCNC(=NCCc1cccc(C(=O)N(C)C)c1)NC1CCCN(c2ccccc2C#N)C1.I. The van der Waals surface area contributed by atoms with Crippen LogP contribution in [0.3, 0.4) is 0 Å². The minimum Gasteiger partial charge on any atom is -0.368 e. The number of para-hydroxylation sites is 1. The lowest BCUT2D eigenvalue weighted by atomic mass is 10.0. The van der Waals surface area contributed by atoms with Crippen LogP contribution < -0.4 is 15.5 Å². The van der Waals surface area contributed by atoms with Crippen molar-refractivity contribution in [2.45, 2.75) is 32.2 Å². The van der Waals surface area contributed by atoms with E-state index in [-0.39, 0.29) is 35.9 Å². The molecule has 1 unspecified atom stereocenters. The van der Waals surface area contributed by atoms with Crippen molar-refractivity contribution in [3.63, 3.8) is 0 Å². The van der Waals surface area contributed by atoms with Crippen molar-refractivity contribution >= 4 is 41.5 Å². The highest BCUT2D eigenvalue weighted by atomic mass is 127. The second-order valence-corrected chi connectivity index (χ2v) is 8.47. The Labute approximate surface area is 220 Å². The molecule has 182 valence electrons. The van der Waals surface area contributed by atoms with E-state index in [0.717, 1.165) is 56.1 Å². The van der Waals surface area contributed by atoms with E-state index < -0.39 is 0 Å². The van der Waals surface area contributed by atoms with Gasteiger partial charge in [0, 0.05) is 51.9 Å². The molecule has 8 heteroatoms. The van der Waals surface area contributed by atoms with Crippen molar-refractivity contribution in [3.05, 3.63) is 65.2 Å². The summed E-state index contributed by atoms with van der Waals surface area (Å²) in [5.74, 6) is 0.814. The van der Waals surface area contributed by atoms with Crippen LogP contribution in [0.1, 0.15) is 41.3 Å². The van der Waals surface area contributed by atoms with E-state index in [1.54, 1.807) is 19.0 Å². The number of amides is 1. The predicted molar refractivity (Wildman–Crippen MR) is 149 cm³/mol. The summed E-state index contributed by atoms with van der Waals surface area (Å²) in [5.41, 5.74) is 3.51. The van der Waals surface area contributed by atoms with E-state index >= 15 is 0 Å². The van der Waals surface area contributed by atoms with E-state index in [4.69, 9.17) is 4.99 Å². The van der Waals surface area contributed by atoms with E-state index in [1.807, 2.05) is 48.5 Å². The van der Waals surface area contributed by atoms with Gasteiger partial charge in [-0.15, -0.1) is 24.0 Å². The Kier molecular flexibility index (Phi) is 11.1. The summed E-state index contributed by atoms with van der Waals surface area (Å²) >= 11 is 0. The van der Waals surface area contributed by atoms with Crippen molar-refractivity contribution in [1.29, 1.82) is 5.26 Å². The maximum absolute atomic E-state index is 12.2. The number of rotatable bonds is 7. The van der Waals surface area contributed by atoms with Crippen molar-refractivity contribution in [2.75, 3.05) is 45.2 Å². The number of nitrogens with one attached hydrogen (secondary N) is 2. The number of guanidine groups is 1. The van der Waals surface area contributed by atoms with Crippen LogP contribution in [0.4, 0.5) is 5.69 Å². The van der Waals surface area contributed by atoms with Crippen molar-refractivity contribution in [3.8, 4) is 6.07 Å². The average Bonchev–Trinajstić information content (AvgIpc) is 2.84. The minimum atomic E-state index is 0. The maximum atomic E-state index is 12.2. The third kappa shape index (κ3) is 7.62. The molecule has 3 rings (SSSR count). The normalized spacial score (nSPS) is 15.6. The number of carbonyl (C=O) groups excluding carboxylic acids is 1. The van der Waals surface area contributed by atoms with Gasteiger partial charge in [-0.1, -0.05) is 24.3 Å². The Morgan fingerprint density at radius 3 is 2.76 bits per heavy atom. The van der Waals surface area contributed by atoms with Crippen molar-refractivity contribution in [1.82, 2.24) is 15.5 Å². The summed E-state index contributed by atoms with van der Waals surface area (Å²) < 4.78 is 0. The Bertz CT molecular complexity index is 1020. The topological polar surface area (TPSA) is 83.8 Å². The van der Waals surface area contributed by atoms with Gasteiger partial charge in [-0.25, -0.2) is 0 Å². The number of carbonyl (C=O) groups is 1. The van der Waals surface area contributed by atoms with Crippen LogP contribution in [0.25, 0.3) is 0 Å². The van der Waals surface area contributed by atoms with Gasteiger partial charge in [0.2, 0.25) is 0 Å². The van der Waals surface area contributed by atoms with Crippen LogP contribution in [0, 0.1) is 11.3 Å². The van der Waals surface area contributed by atoms with E-state index in [9.17, 15) is 10.1 Å². The Balaban J connectivity index is 0.00000408. The largest absolute Gasteiger partial charge is 0.368 e. The first kappa shape index (κ1) is 27.4. The summed E-state index contributed by atoms with van der Waals surface area (Å²) in [5, 5.41) is 16.4. The van der Waals surface area contributed by atoms with Crippen LogP contribution in [-0.4, -0.2) is 63.1 Å². The van der Waals surface area contributed by atoms with E-state index in [1.165, 1.54) is 0 Å². The second kappa shape index (κ2) is 13.8. The number of halogens is 1. The number of nitriles is 1. The quantitative estimate of drug-likeness (QED) is 0.300. The van der Waals surface area contributed by atoms with Gasteiger partial charge in [-0.2, -0.15) is 5.26 Å². The van der Waals surface area contributed by atoms with Gasteiger partial charge >= 0.3 is 0 Å². The fraction of sp³-hybridized carbons (Fsp3) is 0.423. The molecule has 0 aromatic heterocycles. The Hall–Kier alpha value is -2.80. The highest BCUT2D eigenvalue weighted by Crippen LogP contribution is 2.23. The van der Waals surface area contributed by atoms with Gasteiger partial charge in [-0.3, -0.25) is 9.79 Å². The van der Waals surface area contributed by atoms with Crippen LogP contribution in [0.15, 0.2) is 53.5 Å². The smallest absolute Gasteiger partial charge is 0.253 e. The average molecular weight is 575 g/mol. The molecule has 1 aliphatic rings. The summed E-state index contributed by atoms with van der Waals surface area (Å²) in [7, 11) is 3.53. The summed E-state index contributed by atoms with van der Waals surface area (Å²) in [6, 6.07) is 18.1. The predicted octanol–water partition coefficient (Wildman–Crippen LogP) is 3.64. The zero-order chi connectivity index (χ0) is 23.6. The monoisotopic (exact) mass is 574 g/mol. The van der Waals surface area contributed by atoms with Gasteiger partial charge < -0.3 is 20.4 Å². The Morgan fingerprint density at radius 1 is 1.24 bits per heavy atom. The molecule has 0 aliphatic carbocycles. The third-order valence-corrected chi connectivity index (χ3v) is 5.72. The zero-order valence-corrected chi connectivity index (χ0v) is 22.6. The Morgan fingerprint density at radius 2 is 2.03 bits per heavy atom. The molecule has 1 aliphatic heterocycles. The first-order valence-electron chi connectivity index (χ1n) is 11.6. The molecule has 2 aromatic carbocycles. The van der Waals surface area contributed by atoms with Gasteiger partial charge in [0.1, 0.15) is 6.07 Å². The highest BCUT2D eigenvalue weighted by Gasteiger charge is 2.22. The van der Waals surface area contributed by atoms with Crippen molar-refractivity contribution in [2.24, 2.45) is 4.99 Å². The first-order valence-corrected chi connectivity index (χ1v) is 11.6. The number of piperidine rings is 1. The molecule has 0 saturated carbocycles. The molecule has 1 heterocycles. The zero-order valence-electron chi connectivity index (χ0n) is 20.3. The van der Waals surface area contributed by atoms with Crippen LogP contribution >= 0.6 is 24.0 Å². The summed E-state index contributed by atoms with van der Waals surface area (Å²) in [6.45, 7) is 5.25. The van der Waals surface area contributed by atoms with Gasteiger partial charge in [0.05, 0.1) is 11.3 Å². The lowest BCUT2D eigenvalue weighted by Crippen LogP contribution is -2.51. The number of aliphatic imine (C=N–C) groups is 1. The molecule has 1 fully saturated rings. The van der Waals surface area contributed by atoms with Gasteiger partial charge in [0.15, 0.2) is 5.96 Å². The molecule has 2 aromatic rings. The molecule has 34 heavy (non-hydrogen) atoms. The van der Waals surface area contributed by atoms with Gasteiger partial charge in [0.25, 0.3) is 5.91 Å². The fourth-order valence-corrected chi connectivity index (χ4v) is 4.09. The first-order chi connectivity index (χ1) is 16.0. The molecule has 7 nitrogen and oxygen atoms in total. The van der Waals surface area contributed by atoms with E-state index in [0.29, 0.717) is 17.7 Å². The molecule has 0 radical (unpaired) electrons. The van der Waals surface area contributed by atoms with Crippen molar-refractivity contribution < 1.29 is 4.79 Å². The third-order valence-electron chi connectivity index (χ3n) is 5.72. The minimum absolute atomic E-state index is 0. The molecule has 1 atom stereocenters. The molecular weight excluding hydrogens is 539 g/mol. The number of hydrogen-bond acceptors (Lipinski definition) is 4. The molecule has 0 spiro atoms. The number of anilines is 1. The number of nitrogens with zero attached hydrogens (tertiary/aromatic N) is 4. The van der Waals surface area contributed by atoms with Crippen LogP contribution in [0.2, 0.25) is 0 Å². The number of benzene rings is 2. The molecule has 1 amide bonds. The number of hydrogen-bond donors (Lipinski definition) is 2. The molecule has 2 N–H and O–H groups in total. The fourth-order valence-electron chi connectivity index (χ4n) is 4.09. The van der Waals surface area contributed by atoms with Crippen LogP contribution in [0.5, 0.6) is 0 Å². The van der Waals surface area contributed by atoms with Gasteiger partial charge in [-0.05, 0) is 56.0 Å². The second-order valence-electron chi connectivity index (χ2n) is 8.47. The molecule has 0 bridgehead atoms. The standard InChI is InChI=1S/C26H34N6O.HI/c1-4-28-26(29-15-14-20-9-7-11-21(17-20)25(33)31(2)3)30-23-12-8-16-32(19-23)24-13-6-5-10-22(24)18-27;/h5-7,9-11,13,17,23H,4,8,12,14-16,19H2,1-3H3,(H2,28,29,30);1H. The lowest BCUT2D eigenvalue weighted by molar-refractivity contribution is 0.0827. The lowest BCUT2D eigenvalue weighted by Gasteiger charge is -2.35.